The van der Waals surface area contributed by atoms with Gasteiger partial charge in [-0.3, -0.25) is 9.59 Å². The molecule has 0 atom stereocenters. The van der Waals surface area contributed by atoms with Gasteiger partial charge in [0, 0.05) is 11.3 Å². The first kappa shape index (κ1) is 13.6. The van der Waals surface area contributed by atoms with Gasteiger partial charge in [0.1, 0.15) is 0 Å². The van der Waals surface area contributed by atoms with Crippen molar-refractivity contribution >= 4 is 29.2 Å². The van der Waals surface area contributed by atoms with Gasteiger partial charge >= 0.3 is 0 Å². The lowest BCUT2D eigenvalue weighted by atomic mass is 9.91. The van der Waals surface area contributed by atoms with Gasteiger partial charge in [-0.1, -0.05) is 27.7 Å². The van der Waals surface area contributed by atoms with Crippen molar-refractivity contribution in [3.8, 4) is 0 Å². The van der Waals surface area contributed by atoms with Gasteiger partial charge < -0.3 is 11.1 Å². The molecule has 5 nitrogen and oxygen atoms in total. The molecule has 0 unspecified atom stereocenters. The van der Waals surface area contributed by atoms with E-state index in [1.807, 2.05) is 20.8 Å². The van der Waals surface area contributed by atoms with E-state index < -0.39 is 5.91 Å². The molecular formula is C11H17N3O2S. The summed E-state index contributed by atoms with van der Waals surface area (Å²) in [7, 11) is 0. The highest BCUT2D eigenvalue weighted by Gasteiger charge is 2.27. The zero-order valence-electron chi connectivity index (χ0n) is 10.5. The van der Waals surface area contributed by atoms with Crippen LogP contribution in [0.1, 0.15) is 49.4 Å². The molecule has 1 rings (SSSR count). The van der Waals surface area contributed by atoms with Gasteiger partial charge in [0.05, 0.1) is 5.56 Å². The SMILES string of the molecule is CCC(=O)Nc1nsc(C(C)(C)C)c1C(N)=O. The van der Waals surface area contributed by atoms with Crippen LogP contribution in [0.4, 0.5) is 5.82 Å². The van der Waals surface area contributed by atoms with Crippen molar-refractivity contribution in [2.24, 2.45) is 5.73 Å². The monoisotopic (exact) mass is 255 g/mol. The lowest BCUT2D eigenvalue weighted by Crippen LogP contribution is -2.21. The number of nitrogens with zero attached hydrogens (tertiary/aromatic N) is 1. The van der Waals surface area contributed by atoms with Crippen LogP contribution in [0.2, 0.25) is 0 Å². The van der Waals surface area contributed by atoms with Gasteiger partial charge in [-0.25, -0.2) is 0 Å². The highest BCUT2D eigenvalue weighted by molar-refractivity contribution is 7.06. The largest absolute Gasteiger partial charge is 0.365 e. The van der Waals surface area contributed by atoms with Crippen molar-refractivity contribution in [1.82, 2.24) is 4.37 Å². The molecule has 3 N–H and O–H groups in total. The van der Waals surface area contributed by atoms with Crippen LogP contribution in [0.25, 0.3) is 0 Å². The summed E-state index contributed by atoms with van der Waals surface area (Å²) in [4.78, 5) is 23.6. The fraction of sp³-hybridized carbons (Fsp3) is 0.545. The number of anilines is 1. The topological polar surface area (TPSA) is 85.1 Å². The number of carbonyl (C=O) groups excluding carboxylic acids is 2. The maximum absolute atomic E-state index is 11.5. The minimum Gasteiger partial charge on any atom is -0.365 e. The van der Waals surface area contributed by atoms with Crippen LogP contribution in [0.15, 0.2) is 0 Å². The van der Waals surface area contributed by atoms with Crippen LogP contribution in [-0.2, 0) is 10.2 Å². The molecule has 0 radical (unpaired) electrons. The number of rotatable bonds is 3. The Balaban J connectivity index is 3.21. The van der Waals surface area contributed by atoms with E-state index in [-0.39, 0.29) is 17.1 Å². The van der Waals surface area contributed by atoms with Crippen LogP contribution in [0.5, 0.6) is 0 Å². The van der Waals surface area contributed by atoms with E-state index >= 15 is 0 Å². The van der Waals surface area contributed by atoms with Crippen molar-refractivity contribution in [1.29, 1.82) is 0 Å². The molecular weight excluding hydrogens is 238 g/mol. The maximum Gasteiger partial charge on any atom is 0.253 e. The number of aromatic nitrogens is 1. The van der Waals surface area contributed by atoms with Gasteiger partial charge in [0.2, 0.25) is 5.91 Å². The fourth-order valence-electron chi connectivity index (χ4n) is 1.34. The summed E-state index contributed by atoms with van der Waals surface area (Å²) in [6, 6.07) is 0. The van der Waals surface area contributed by atoms with Gasteiger partial charge in [-0.2, -0.15) is 4.37 Å². The molecule has 6 heteroatoms. The molecule has 0 fully saturated rings. The van der Waals surface area contributed by atoms with E-state index in [0.29, 0.717) is 12.0 Å². The minimum atomic E-state index is -0.560. The van der Waals surface area contributed by atoms with Crippen LogP contribution in [-0.4, -0.2) is 16.2 Å². The third kappa shape index (κ3) is 3.03. The Morgan fingerprint density at radius 2 is 2.00 bits per heavy atom. The number of hydrogen-bond donors (Lipinski definition) is 2. The van der Waals surface area contributed by atoms with E-state index in [4.69, 9.17) is 5.73 Å². The van der Waals surface area contributed by atoms with E-state index in [2.05, 4.69) is 9.69 Å². The Labute approximate surface area is 105 Å². The number of nitrogens with one attached hydrogen (secondary N) is 1. The first-order chi connectivity index (χ1) is 7.77. The van der Waals surface area contributed by atoms with Crippen LogP contribution in [0, 0.1) is 0 Å². The molecule has 0 aliphatic carbocycles. The Bertz CT molecular complexity index is 446. The van der Waals surface area contributed by atoms with Crippen molar-refractivity contribution in [2.45, 2.75) is 39.5 Å². The third-order valence-corrected chi connectivity index (χ3v) is 3.47. The minimum absolute atomic E-state index is 0.182. The predicted molar refractivity (Wildman–Crippen MR) is 68.3 cm³/mol. The average molecular weight is 255 g/mol. The molecule has 2 amide bonds. The third-order valence-electron chi connectivity index (χ3n) is 2.20. The van der Waals surface area contributed by atoms with E-state index in [1.54, 1.807) is 6.92 Å². The van der Waals surface area contributed by atoms with Gasteiger partial charge in [-0.05, 0) is 16.9 Å². The Morgan fingerprint density at radius 1 is 1.41 bits per heavy atom. The summed E-state index contributed by atoms with van der Waals surface area (Å²) in [6.07, 6.45) is 0.334. The summed E-state index contributed by atoms with van der Waals surface area (Å²) in [5.74, 6) is -0.465. The molecule has 0 bridgehead atoms. The Hall–Kier alpha value is -1.43. The molecule has 0 aliphatic heterocycles. The second-order valence-electron chi connectivity index (χ2n) is 4.75. The number of carbonyl (C=O) groups is 2. The second kappa shape index (κ2) is 4.83. The standard InChI is InChI=1S/C11H17N3O2S/c1-5-6(15)13-10-7(9(12)16)8(17-14-10)11(2,3)4/h5H2,1-4H3,(H2,12,16)(H,13,14,15). The molecule has 17 heavy (non-hydrogen) atoms. The first-order valence-corrected chi connectivity index (χ1v) is 6.14. The molecule has 1 heterocycles. The first-order valence-electron chi connectivity index (χ1n) is 5.37. The smallest absolute Gasteiger partial charge is 0.253 e. The van der Waals surface area contributed by atoms with Crippen molar-refractivity contribution < 1.29 is 9.59 Å². The molecule has 0 aliphatic rings. The normalized spacial score (nSPS) is 11.3. The average Bonchev–Trinajstić information content (AvgIpc) is 2.60. The van der Waals surface area contributed by atoms with E-state index in [0.717, 1.165) is 4.88 Å². The Morgan fingerprint density at radius 3 is 2.41 bits per heavy atom. The van der Waals surface area contributed by atoms with E-state index in [9.17, 15) is 9.59 Å². The maximum atomic E-state index is 11.5. The molecule has 1 aromatic heterocycles. The van der Waals surface area contributed by atoms with Crippen molar-refractivity contribution in [3.63, 3.8) is 0 Å². The fourth-order valence-corrected chi connectivity index (χ4v) is 2.22. The number of amides is 2. The molecule has 0 aromatic carbocycles. The van der Waals surface area contributed by atoms with Gasteiger partial charge in [-0.15, -0.1) is 0 Å². The number of nitrogens with two attached hydrogens (primary N) is 1. The zero-order valence-corrected chi connectivity index (χ0v) is 11.3. The lowest BCUT2D eigenvalue weighted by molar-refractivity contribution is -0.115. The summed E-state index contributed by atoms with van der Waals surface area (Å²) >= 11 is 1.20. The summed E-state index contributed by atoms with van der Waals surface area (Å²) in [5, 5.41) is 2.59. The highest BCUT2D eigenvalue weighted by Crippen LogP contribution is 2.33. The highest BCUT2D eigenvalue weighted by atomic mass is 32.1. The summed E-state index contributed by atoms with van der Waals surface area (Å²) in [6.45, 7) is 7.64. The zero-order chi connectivity index (χ0) is 13.2. The van der Waals surface area contributed by atoms with Crippen molar-refractivity contribution in [3.05, 3.63) is 10.4 Å². The summed E-state index contributed by atoms with van der Waals surface area (Å²) < 4.78 is 4.10. The Kier molecular flexibility index (Phi) is 3.87. The molecule has 1 aromatic rings. The van der Waals surface area contributed by atoms with Gasteiger partial charge in [0.25, 0.3) is 5.91 Å². The lowest BCUT2D eigenvalue weighted by Gasteiger charge is -2.17. The molecule has 0 saturated carbocycles. The molecule has 94 valence electrons. The predicted octanol–water partition coefficient (Wildman–Crippen LogP) is 1.89. The quantitative estimate of drug-likeness (QED) is 0.864. The molecule has 0 saturated heterocycles. The van der Waals surface area contributed by atoms with Crippen LogP contribution >= 0.6 is 11.5 Å². The number of primary amides is 1. The van der Waals surface area contributed by atoms with Gasteiger partial charge in [0.15, 0.2) is 5.82 Å². The number of hydrogen-bond acceptors (Lipinski definition) is 4. The van der Waals surface area contributed by atoms with Crippen LogP contribution < -0.4 is 11.1 Å². The molecule has 0 spiro atoms. The van der Waals surface area contributed by atoms with E-state index in [1.165, 1.54) is 11.5 Å². The second-order valence-corrected chi connectivity index (χ2v) is 5.52. The van der Waals surface area contributed by atoms with Crippen molar-refractivity contribution in [2.75, 3.05) is 5.32 Å². The van der Waals surface area contributed by atoms with Crippen LogP contribution in [0.3, 0.4) is 0 Å². The summed E-state index contributed by atoms with van der Waals surface area (Å²) in [5.41, 5.74) is 5.45.